The Morgan fingerprint density at radius 2 is 2.11 bits per heavy atom. The van der Waals surface area contributed by atoms with Gasteiger partial charge in [0.15, 0.2) is 0 Å². The van der Waals surface area contributed by atoms with E-state index in [1.54, 1.807) is 0 Å². The van der Waals surface area contributed by atoms with Crippen molar-refractivity contribution in [3.63, 3.8) is 0 Å². The molecule has 1 aromatic carbocycles. The third-order valence-corrected chi connectivity index (χ3v) is 5.51. The number of benzene rings is 1. The summed E-state index contributed by atoms with van der Waals surface area (Å²) in [7, 11) is 0. The normalized spacial score (nSPS) is 24.0. The molecule has 1 aromatic rings. The molecular weight excluding hydrogens is 356 g/mol. The molecule has 2 aliphatic rings. The molecule has 2 atom stereocenters. The second-order valence-corrected chi connectivity index (χ2v) is 7.82. The molecule has 0 aliphatic carbocycles. The van der Waals surface area contributed by atoms with Crippen LogP contribution in [0.2, 0.25) is 0 Å². The molecule has 0 amide bonds. The van der Waals surface area contributed by atoms with E-state index >= 15 is 0 Å². The zero-order valence-corrected chi connectivity index (χ0v) is 16.6. The van der Waals surface area contributed by atoms with Gasteiger partial charge in [0.05, 0.1) is 18.4 Å². The van der Waals surface area contributed by atoms with Crippen molar-refractivity contribution in [3.8, 4) is 0 Å². The first-order chi connectivity index (χ1) is 13.6. The lowest BCUT2D eigenvalue weighted by atomic mass is 9.93. The molecule has 2 fully saturated rings. The molecular formula is C21H32N4O3. The van der Waals surface area contributed by atoms with Crippen LogP contribution in [0.3, 0.4) is 0 Å². The number of piperidine rings is 1. The Morgan fingerprint density at radius 3 is 2.79 bits per heavy atom. The lowest BCUT2D eigenvalue weighted by Gasteiger charge is -2.32. The number of nitrogens with one attached hydrogen (secondary N) is 2. The summed E-state index contributed by atoms with van der Waals surface area (Å²) in [5, 5.41) is 13.1. The van der Waals surface area contributed by atoms with Gasteiger partial charge >= 0.3 is 5.97 Å². The summed E-state index contributed by atoms with van der Waals surface area (Å²) < 4.78 is 0. The van der Waals surface area contributed by atoms with Crippen LogP contribution in [-0.4, -0.2) is 54.5 Å². The number of hydroxylamine groups is 1. The Labute approximate surface area is 167 Å². The third-order valence-electron chi connectivity index (χ3n) is 5.51. The van der Waals surface area contributed by atoms with Gasteiger partial charge in [0.25, 0.3) is 0 Å². The van der Waals surface area contributed by atoms with E-state index in [-0.39, 0.29) is 12.1 Å². The Kier molecular flexibility index (Phi) is 7.82. The Morgan fingerprint density at radius 1 is 1.36 bits per heavy atom. The molecule has 2 aliphatic heterocycles. The summed E-state index contributed by atoms with van der Waals surface area (Å²) in [6, 6.07) is 8.62. The highest BCUT2D eigenvalue weighted by Crippen LogP contribution is 2.27. The molecule has 0 bridgehead atoms. The standard InChI is InChI=1S/C21H32N4O3/c1-2-9-22-23-14-17-3-5-18(6-4-17)20-13-19(28-24-20)15-25-10-7-16(8-11-25)12-21(26)27/h3-6,14,16,19-20,22,24H,2,7-13,15H2,1H3,(H,26,27). The summed E-state index contributed by atoms with van der Waals surface area (Å²) in [5.74, 6) is -0.359. The van der Waals surface area contributed by atoms with E-state index in [9.17, 15) is 4.79 Å². The molecule has 3 rings (SSSR count). The van der Waals surface area contributed by atoms with Gasteiger partial charge in [-0.2, -0.15) is 10.6 Å². The fraction of sp³-hybridized carbons (Fsp3) is 0.619. The predicted molar refractivity (Wildman–Crippen MR) is 109 cm³/mol. The quantitative estimate of drug-likeness (QED) is 0.342. The number of aliphatic carboxylic acids is 1. The average Bonchev–Trinajstić information content (AvgIpc) is 3.15. The molecule has 2 heterocycles. The van der Waals surface area contributed by atoms with Gasteiger partial charge in [0.2, 0.25) is 0 Å². The minimum Gasteiger partial charge on any atom is -0.481 e. The molecule has 7 nitrogen and oxygen atoms in total. The van der Waals surface area contributed by atoms with Gasteiger partial charge < -0.3 is 15.4 Å². The molecule has 0 saturated carbocycles. The van der Waals surface area contributed by atoms with Crippen LogP contribution in [0.4, 0.5) is 0 Å². The zero-order valence-electron chi connectivity index (χ0n) is 16.6. The molecule has 0 aromatic heterocycles. The summed E-state index contributed by atoms with van der Waals surface area (Å²) >= 11 is 0. The van der Waals surface area contributed by atoms with E-state index in [2.05, 4.69) is 52.1 Å². The fourth-order valence-electron chi connectivity index (χ4n) is 3.87. The summed E-state index contributed by atoms with van der Waals surface area (Å²) in [6.45, 7) is 5.82. The van der Waals surface area contributed by atoms with E-state index in [0.717, 1.165) is 57.4 Å². The maximum absolute atomic E-state index is 10.8. The highest BCUT2D eigenvalue weighted by atomic mass is 16.7. The molecule has 7 heteroatoms. The molecule has 154 valence electrons. The van der Waals surface area contributed by atoms with Crippen molar-refractivity contribution in [1.29, 1.82) is 0 Å². The smallest absolute Gasteiger partial charge is 0.303 e. The number of carboxylic acids is 1. The number of likely N-dealkylation sites (tertiary alicyclic amines) is 1. The Bertz CT molecular complexity index is 642. The second kappa shape index (κ2) is 10.5. The number of nitrogens with zero attached hydrogens (tertiary/aromatic N) is 2. The lowest BCUT2D eigenvalue weighted by Crippen LogP contribution is -2.39. The van der Waals surface area contributed by atoms with Crippen molar-refractivity contribution in [1.82, 2.24) is 15.8 Å². The summed E-state index contributed by atoms with van der Waals surface area (Å²) in [4.78, 5) is 19.1. The van der Waals surface area contributed by atoms with Gasteiger partial charge in [-0.3, -0.25) is 9.63 Å². The summed E-state index contributed by atoms with van der Waals surface area (Å²) in [5.41, 5.74) is 8.49. The highest BCUT2D eigenvalue weighted by molar-refractivity contribution is 5.79. The van der Waals surface area contributed by atoms with E-state index in [0.29, 0.717) is 12.3 Å². The minimum atomic E-state index is -0.681. The Hall–Kier alpha value is -1.96. The minimum absolute atomic E-state index is 0.167. The number of hydrogen-bond donors (Lipinski definition) is 3. The van der Waals surface area contributed by atoms with Gasteiger partial charge in [-0.15, -0.1) is 0 Å². The highest BCUT2D eigenvalue weighted by Gasteiger charge is 2.30. The molecule has 28 heavy (non-hydrogen) atoms. The number of rotatable bonds is 9. The maximum Gasteiger partial charge on any atom is 0.303 e. The Balaban J connectivity index is 1.41. The van der Waals surface area contributed by atoms with Crippen molar-refractivity contribution < 1.29 is 14.7 Å². The third kappa shape index (κ3) is 6.29. The maximum atomic E-state index is 10.8. The van der Waals surface area contributed by atoms with Gasteiger partial charge in [-0.25, -0.2) is 0 Å². The monoisotopic (exact) mass is 388 g/mol. The van der Waals surface area contributed by atoms with Crippen molar-refractivity contribution >= 4 is 12.2 Å². The largest absolute Gasteiger partial charge is 0.481 e. The van der Waals surface area contributed by atoms with Crippen LogP contribution in [0, 0.1) is 5.92 Å². The van der Waals surface area contributed by atoms with Crippen molar-refractivity contribution in [3.05, 3.63) is 35.4 Å². The SMILES string of the molecule is CCCNN=Cc1ccc(C2CC(CN3CCC(CC(=O)O)CC3)ON2)cc1. The van der Waals surface area contributed by atoms with Crippen LogP contribution in [-0.2, 0) is 9.63 Å². The van der Waals surface area contributed by atoms with Crippen LogP contribution >= 0.6 is 0 Å². The van der Waals surface area contributed by atoms with Gasteiger partial charge in [-0.1, -0.05) is 31.2 Å². The van der Waals surface area contributed by atoms with Crippen molar-refractivity contribution in [2.75, 3.05) is 26.2 Å². The number of hydrazone groups is 1. The van der Waals surface area contributed by atoms with E-state index in [4.69, 9.17) is 9.94 Å². The van der Waals surface area contributed by atoms with E-state index in [1.165, 1.54) is 5.56 Å². The predicted octanol–water partition coefficient (Wildman–Crippen LogP) is 2.54. The summed E-state index contributed by atoms with van der Waals surface area (Å²) in [6.07, 6.45) is 6.24. The van der Waals surface area contributed by atoms with Crippen molar-refractivity contribution in [2.45, 2.75) is 51.2 Å². The first kappa shape index (κ1) is 20.8. The first-order valence-corrected chi connectivity index (χ1v) is 10.3. The average molecular weight is 389 g/mol. The molecule has 0 spiro atoms. The molecule has 2 saturated heterocycles. The van der Waals surface area contributed by atoms with Crippen LogP contribution in [0.1, 0.15) is 56.2 Å². The molecule has 0 radical (unpaired) electrons. The number of hydrogen-bond acceptors (Lipinski definition) is 6. The number of carbonyl (C=O) groups is 1. The van der Waals surface area contributed by atoms with Gasteiger partial charge in [0.1, 0.15) is 0 Å². The van der Waals surface area contributed by atoms with Gasteiger partial charge in [-0.05, 0) is 55.8 Å². The topological polar surface area (TPSA) is 86.2 Å². The zero-order chi connectivity index (χ0) is 19.8. The van der Waals surface area contributed by atoms with Crippen molar-refractivity contribution in [2.24, 2.45) is 11.0 Å². The molecule has 3 N–H and O–H groups in total. The van der Waals surface area contributed by atoms with E-state index in [1.807, 2.05) is 6.21 Å². The van der Waals surface area contributed by atoms with Crippen LogP contribution in [0.15, 0.2) is 29.4 Å². The van der Waals surface area contributed by atoms with Crippen LogP contribution in [0.5, 0.6) is 0 Å². The fourth-order valence-corrected chi connectivity index (χ4v) is 3.87. The first-order valence-electron chi connectivity index (χ1n) is 10.3. The number of carboxylic acid groups (broad SMARTS) is 1. The lowest BCUT2D eigenvalue weighted by molar-refractivity contribution is -0.138. The second-order valence-electron chi connectivity index (χ2n) is 7.82. The van der Waals surface area contributed by atoms with Gasteiger partial charge in [0, 0.05) is 19.5 Å². The molecule has 2 unspecified atom stereocenters. The van der Waals surface area contributed by atoms with Crippen LogP contribution in [0.25, 0.3) is 0 Å². The van der Waals surface area contributed by atoms with E-state index < -0.39 is 5.97 Å². The van der Waals surface area contributed by atoms with Crippen LogP contribution < -0.4 is 10.9 Å².